The average Bonchev–Trinajstić information content (AvgIpc) is 2.81. The minimum Gasteiger partial charge on any atom is -0.360 e. The number of fused-ring (bicyclic) bond motifs is 1. The molecule has 0 bridgehead atoms. The van der Waals surface area contributed by atoms with Crippen molar-refractivity contribution in [2.24, 2.45) is 0 Å². The Kier molecular flexibility index (Phi) is 3.20. The van der Waals surface area contributed by atoms with Gasteiger partial charge in [-0.2, -0.15) is 0 Å². The second-order valence-electron chi connectivity index (χ2n) is 4.72. The Morgan fingerprint density at radius 1 is 1.20 bits per heavy atom. The maximum Gasteiger partial charge on any atom is 0.257 e. The molecule has 4 heteroatoms. The molecule has 1 heterocycles. The standard InChI is InChI=1S/C16H13ClN2O/c1-10-3-2-4-12(7-10)19-16(20)14-9-18-15-8-11(17)5-6-13(14)15/h2-9,18H,1H3,(H,19,20). The van der Waals surface area contributed by atoms with Crippen LogP contribution in [0.15, 0.2) is 48.7 Å². The van der Waals surface area contributed by atoms with E-state index in [0.29, 0.717) is 10.6 Å². The summed E-state index contributed by atoms with van der Waals surface area (Å²) in [6.45, 7) is 1.99. The lowest BCUT2D eigenvalue weighted by molar-refractivity contribution is 0.102. The predicted molar refractivity (Wildman–Crippen MR) is 82.4 cm³/mol. The first-order valence-corrected chi connectivity index (χ1v) is 6.66. The number of rotatable bonds is 2. The Morgan fingerprint density at radius 2 is 2.05 bits per heavy atom. The van der Waals surface area contributed by atoms with Crippen LogP contribution in [0, 0.1) is 6.92 Å². The maximum atomic E-state index is 12.3. The molecule has 20 heavy (non-hydrogen) atoms. The van der Waals surface area contributed by atoms with Crippen LogP contribution in [0.2, 0.25) is 5.02 Å². The first-order chi connectivity index (χ1) is 9.63. The number of benzene rings is 2. The van der Waals surface area contributed by atoms with Crippen LogP contribution in [0.25, 0.3) is 10.9 Å². The van der Waals surface area contributed by atoms with E-state index in [9.17, 15) is 4.79 Å². The zero-order valence-corrected chi connectivity index (χ0v) is 11.7. The second kappa shape index (κ2) is 5.02. The zero-order valence-electron chi connectivity index (χ0n) is 10.9. The fraction of sp³-hybridized carbons (Fsp3) is 0.0625. The summed E-state index contributed by atoms with van der Waals surface area (Å²) in [7, 11) is 0. The van der Waals surface area contributed by atoms with Crippen LogP contribution in [0.1, 0.15) is 15.9 Å². The van der Waals surface area contributed by atoms with E-state index in [1.54, 1.807) is 18.3 Å². The molecule has 0 aliphatic rings. The van der Waals surface area contributed by atoms with E-state index in [-0.39, 0.29) is 5.91 Å². The number of aromatic amines is 1. The van der Waals surface area contributed by atoms with E-state index in [4.69, 9.17) is 11.6 Å². The Morgan fingerprint density at radius 3 is 2.85 bits per heavy atom. The van der Waals surface area contributed by atoms with E-state index in [1.807, 2.05) is 37.3 Å². The second-order valence-corrected chi connectivity index (χ2v) is 5.15. The van der Waals surface area contributed by atoms with Crippen molar-refractivity contribution in [3.8, 4) is 0 Å². The molecular weight excluding hydrogens is 272 g/mol. The molecule has 0 unspecified atom stereocenters. The van der Waals surface area contributed by atoms with Gasteiger partial charge in [0.2, 0.25) is 0 Å². The van der Waals surface area contributed by atoms with Gasteiger partial charge in [-0.3, -0.25) is 4.79 Å². The third-order valence-corrected chi connectivity index (χ3v) is 3.40. The van der Waals surface area contributed by atoms with E-state index >= 15 is 0 Å². The largest absolute Gasteiger partial charge is 0.360 e. The van der Waals surface area contributed by atoms with Gasteiger partial charge in [0.05, 0.1) is 5.56 Å². The van der Waals surface area contributed by atoms with Gasteiger partial charge in [-0.15, -0.1) is 0 Å². The van der Waals surface area contributed by atoms with Gasteiger partial charge in [0.1, 0.15) is 0 Å². The number of aryl methyl sites for hydroxylation is 1. The number of amides is 1. The lowest BCUT2D eigenvalue weighted by Gasteiger charge is -2.05. The molecule has 0 fully saturated rings. The highest BCUT2D eigenvalue weighted by molar-refractivity contribution is 6.31. The molecule has 0 atom stereocenters. The molecule has 0 aliphatic heterocycles. The number of hydrogen-bond acceptors (Lipinski definition) is 1. The van der Waals surface area contributed by atoms with Gasteiger partial charge in [0.25, 0.3) is 5.91 Å². The minimum atomic E-state index is -0.135. The van der Waals surface area contributed by atoms with Crippen molar-refractivity contribution in [1.29, 1.82) is 0 Å². The van der Waals surface area contributed by atoms with Crippen molar-refractivity contribution in [3.05, 3.63) is 64.8 Å². The van der Waals surface area contributed by atoms with Crippen molar-refractivity contribution < 1.29 is 4.79 Å². The summed E-state index contributed by atoms with van der Waals surface area (Å²) in [6, 6.07) is 13.1. The molecule has 1 amide bonds. The molecular formula is C16H13ClN2O. The van der Waals surface area contributed by atoms with Crippen LogP contribution in [0.5, 0.6) is 0 Å². The van der Waals surface area contributed by atoms with Crippen LogP contribution in [0.4, 0.5) is 5.69 Å². The van der Waals surface area contributed by atoms with Crippen LogP contribution >= 0.6 is 11.6 Å². The monoisotopic (exact) mass is 284 g/mol. The SMILES string of the molecule is Cc1cccc(NC(=O)c2c[nH]c3cc(Cl)ccc23)c1. The number of hydrogen-bond donors (Lipinski definition) is 2. The van der Waals surface area contributed by atoms with Crippen molar-refractivity contribution in [1.82, 2.24) is 4.98 Å². The fourth-order valence-corrected chi connectivity index (χ4v) is 2.38. The molecule has 3 rings (SSSR count). The van der Waals surface area contributed by atoms with Crippen LogP contribution in [-0.4, -0.2) is 10.9 Å². The van der Waals surface area contributed by atoms with Gasteiger partial charge < -0.3 is 10.3 Å². The first kappa shape index (κ1) is 12.8. The molecule has 0 radical (unpaired) electrons. The summed E-state index contributed by atoms with van der Waals surface area (Å²) in [4.78, 5) is 15.4. The highest BCUT2D eigenvalue weighted by atomic mass is 35.5. The van der Waals surface area contributed by atoms with E-state index in [0.717, 1.165) is 22.2 Å². The number of carbonyl (C=O) groups is 1. The van der Waals surface area contributed by atoms with Crippen LogP contribution < -0.4 is 5.32 Å². The van der Waals surface area contributed by atoms with Crippen molar-refractivity contribution >= 4 is 34.1 Å². The van der Waals surface area contributed by atoms with Crippen LogP contribution in [0.3, 0.4) is 0 Å². The van der Waals surface area contributed by atoms with Crippen molar-refractivity contribution in [3.63, 3.8) is 0 Å². The van der Waals surface area contributed by atoms with Gasteiger partial charge in [0, 0.05) is 27.8 Å². The Balaban J connectivity index is 1.93. The van der Waals surface area contributed by atoms with Gasteiger partial charge in [-0.25, -0.2) is 0 Å². The Labute approximate surface area is 121 Å². The molecule has 0 saturated carbocycles. The number of aromatic nitrogens is 1. The topological polar surface area (TPSA) is 44.9 Å². The lowest BCUT2D eigenvalue weighted by Crippen LogP contribution is -2.11. The van der Waals surface area contributed by atoms with E-state index in [2.05, 4.69) is 10.3 Å². The van der Waals surface area contributed by atoms with Gasteiger partial charge in [0.15, 0.2) is 0 Å². The lowest BCUT2D eigenvalue weighted by atomic mass is 10.1. The predicted octanol–water partition coefficient (Wildman–Crippen LogP) is 4.38. The zero-order chi connectivity index (χ0) is 14.1. The summed E-state index contributed by atoms with van der Waals surface area (Å²) in [5, 5.41) is 4.40. The number of nitrogens with one attached hydrogen (secondary N) is 2. The number of halogens is 1. The number of anilines is 1. The highest BCUT2D eigenvalue weighted by Crippen LogP contribution is 2.23. The molecule has 0 spiro atoms. The highest BCUT2D eigenvalue weighted by Gasteiger charge is 2.12. The van der Waals surface area contributed by atoms with Crippen LogP contribution in [-0.2, 0) is 0 Å². The summed E-state index contributed by atoms with van der Waals surface area (Å²) in [5.74, 6) is -0.135. The van der Waals surface area contributed by atoms with Gasteiger partial charge >= 0.3 is 0 Å². The normalized spacial score (nSPS) is 10.7. The third-order valence-electron chi connectivity index (χ3n) is 3.16. The van der Waals surface area contributed by atoms with Crippen molar-refractivity contribution in [2.75, 3.05) is 5.32 Å². The smallest absolute Gasteiger partial charge is 0.257 e. The molecule has 2 N–H and O–H groups in total. The van der Waals surface area contributed by atoms with E-state index < -0.39 is 0 Å². The number of carbonyl (C=O) groups excluding carboxylic acids is 1. The fourth-order valence-electron chi connectivity index (χ4n) is 2.21. The molecule has 100 valence electrons. The van der Waals surface area contributed by atoms with Gasteiger partial charge in [-0.1, -0.05) is 29.8 Å². The third kappa shape index (κ3) is 2.40. The number of H-pyrrole nitrogens is 1. The molecule has 3 aromatic rings. The average molecular weight is 285 g/mol. The summed E-state index contributed by atoms with van der Waals surface area (Å²) >= 11 is 5.93. The van der Waals surface area contributed by atoms with E-state index in [1.165, 1.54) is 0 Å². The summed E-state index contributed by atoms with van der Waals surface area (Å²) < 4.78 is 0. The van der Waals surface area contributed by atoms with Gasteiger partial charge in [-0.05, 0) is 36.8 Å². The summed E-state index contributed by atoms with van der Waals surface area (Å²) in [5.41, 5.74) is 3.36. The molecule has 0 saturated heterocycles. The molecule has 3 nitrogen and oxygen atoms in total. The summed E-state index contributed by atoms with van der Waals surface area (Å²) in [6.07, 6.45) is 1.70. The quantitative estimate of drug-likeness (QED) is 0.720. The Hall–Kier alpha value is -2.26. The maximum absolute atomic E-state index is 12.3. The molecule has 0 aliphatic carbocycles. The minimum absolute atomic E-state index is 0.135. The molecule has 2 aromatic carbocycles. The van der Waals surface area contributed by atoms with Crippen molar-refractivity contribution in [2.45, 2.75) is 6.92 Å². The Bertz CT molecular complexity index is 792. The molecule has 1 aromatic heterocycles. The first-order valence-electron chi connectivity index (χ1n) is 6.28.